The second-order valence-corrected chi connectivity index (χ2v) is 6.02. The van der Waals surface area contributed by atoms with Crippen LogP contribution in [-0.2, 0) is 0 Å². The second kappa shape index (κ2) is 6.58. The number of piperidine rings is 1. The SMILES string of the molecule is CCCNC1CCN(c2ccc(C)cc2Br)CC1. The summed E-state index contributed by atoms with van der Waals surface area (Å²) >= 11 is 3.68. The fraction of sp³-hybridized carbons (Fsp3) is 0.600. The summed E-state index contributed by atoms with van der Waals surface area (Å²) in [5.74, 6) is 0. The molecule has 0 amide bonds. The van der Waals surface area contributed by atoms with Crippen LogP contribution in [0.4, 0.5) is 5.69 Å². The lowest BCUT2D eigenvalue weighted by Gasteiger charge is -2.34. The number of hydrogen-bond acceptors (Lipinski definition) is 2. The smallest absolute Gasteiger partial charge is 0.0510 e. The zero-order valence-electron chi connectivity index (χ0n) is 11.4. The molecular formula is C15H23BrN2. The van der Waals surface area contributed by atoms with Crippen molar-refractivity contribution in [2.24, 2.45) is 0 Å². The van der Waals surface area contributed by atoms with E-state index in [0.29, 0.717) is 6.04 Å². The van der Waals surface area contributed by atoms with E-state index >= 15 is 0 Å². The molecule has 0 saturated carbocycles. The van der Waals surface area contributed by atoms with E-state index in [1.807, 2.05) is 0 Å². The molecule has 0 spiro atoms. The average molecular weight is 311 g/mol. The van der Waals surface area contributed by atoms with Crippen LogP contribution in [-0.4, -0.2) is 25.7 Å². The van der Waals surface area contributed by atoms with E-state index in [1.54, 1.807) is 0 Å². The lowest BCUT2D eigenvalue weighted by atomic mass is 10.0. The van der Waals surface area contributed by atoms with E-state index in [2.05, 4.69) is 58.2 Å². The zero-order chi connectivity index (χ0) is 13.0. The van der Waals surface area contributed by atoms with Crippen LogP contribution < -0.4 is 10.2 Å². The predicted molar refractivity (Wildman–Crippen MR) is 82.4 cm³/mol. The minimum absolute atomic E-state index is 0.713. The Kier molecular flexibility index (Phi) is 5.07. The molecule has 2 rings (SSSR count). The van der Waals surface area contributed by atoms with Crippen LogP contribution in [0.1, 0.15) is 31.7 Å². The topological polar surface area (TPSA) is 15.3 Å². The molecule has 0 aromatic heterocycles. The summed E-state index contributed by atoms with van der Waals surface area (Å²) in [6.45, 7) is 7.83. The van der Waals surface area contributed by atoms with Gasteiger partial charge < -0.3 is 10.2 Å². The molecule has 1 N–H and O–H groups in total. The summed E-state index contributed by atoms with van der Waals surface area (Å²) in [5, 5.41) is 3.63. The molecule has 0 bridgehead atoms. The van der Waals surface area contributed by atoms with Gasteiger partial charge in [-0.1, -0.05) is 13.0 Å². The molecule has 1 aromatic rings. The standard InChI is InChI=1S/C15H23BrN2/c1-3-8-17-13-6-9-18(10-7-13)15-5-4-12(2)11-14(15)16/h4-5,11,13,17H,3,6-10H2,1-2H3. The molecule has 18 heavy (non-hydrogen) atoms. The fourth-order valence-electron chi connectivity index (χ4n) is 2.54. The normalized spacial score (nSPS) is 17.2. The van der Waals surface area contributed by atoms with Crippen molar-refractivity contribution in [2.75, 3.05) is 24.5 Å². The summed E-state index contributed by atoms with van der Waals surface area (Å²) in [5.41, 5.74) is 2.65. The first-order chi connectivity index (χ1) is 8.70. The molecule has 0 radical (unpaired) electrons. The highest BCUT2D eigenvalue weighted by atomic mass is 79.9. The van der Waals surface area contributed by atoms with E-state index in [0.717, 1.165) is 19.6 Å². The van der Waals surface area contributed by atoms with E-state index in [9.17, 15) is 0 Å². The van der Waals surface area contributed by atoms with Gasteiger partial charge in [0.1, 0.15) is 0 Å². The van der Waals surface area contributed by atoms with Crippen LogP contribution in [0.3, 0.4) is 0 Å². The van der Waals surface area contributed by atoms with Gasteiger partial charge in [0.15, 0.2) is 0 Å². The number of nitrogens with one attached hydrogen (secondary N) is 1. The summed E-state index contributed by atoms with van der Waals surface area (Å²) in [4.78, 5) is 2.49. The van der Waals surface area contributed by atoms with Gasteiger partial charge in [0.2, 0.25) is 0 Å². The Balaban J connectivity index is 1.93. The van der Waals surface area contributed by atoms with Gasteiger partial charge in [-0.25, -0.2) is 0 Å². The van der Waals surface area contributed by atoms with Gasteiger partial charge in [0, 0.05) is 23.6 Å². The second-order valence-electron chi connectivity index (χ2n) is 5.17. The first-order valence-electron chi connectivity index (χ1n) is 6.95. The molecule has 1 heterocycles. The van der Waals surface area contributed by atoms with Crippen molar-refractivity contribution in [1.29, 1.82) is 0 Å². The summed E-state index contributed by atoms with van der Waals surface area (Å²) in [6.07, 6.45) is 3.73. The molecule has 3 heteroatoms. The zero-order valence-corrected chi connectivity index (χ0v) is 13.0. The number of rotatable bonds is 4. The summed E-state index contributed by atoms with van der Waals surface area (Å²) in [7, 11) is 0. The lowest BCUT2D eigenvalue weighted by molar-refractivity contribution is 0.416. The van der Waals surface area contributed by atoms with E-state index in [-0.39, 0.29) is 0 Å². The highest BCUT2D eigenvalue weighted by Crippen LogP contribution is 2.29. The number of hydrogen-bond donors (Lipinski definition) is 1. The lowest BCUT2D eigenvalue weighted by Crippen LogP contribution is -2.42. The minimum atomic E-state index is 0.713. The highest BCUT2D eigenvalue weighted by molar-refractivity contribution is 9.10. The van der Waals surface area contributed by atoms with Gasteiger partial charge in [-0.15, -0.1) is 0 Å². The Bertz CT molecular complexity index is 384. The maximum absolute atomic E-state index is 3.68. The minimum Gasteiger partial charge on any atom is -0.371 e. The Morgan fingerprint density at radius 1 is 1.33 bits per heavy atom. The van der Waals surface area contributed by atoms with Crippen LogP contribution >= 0.6 is 15.9 Å². The molecule has 1 aromatic carbocycles. The van der Waals surface area contributed by atoms with E-state index in [4.69, 9.17) is 0 Å². The molecule has 100 valence electrons. The number of aryl methyl sites for hydroxylation is 1. The third-order valence-electron chi connectivity index (χ3n) is 3.62. The Hall–Kier alpha value is -0.540. The van der Waals surface area contributed by atoms with Gasteiger partial charge in [0.05, 0.1) is 5.69 Å². The van der Waals surface area contributed by atoms with Crippen molar-refractivity contribution in [3.8, 4) is 0 Å². The Morgan fingerprint density at radius 3 is 2.67 bits per heavy atom. The summed E-state index contributed by atoms with van der Waals surface area (Å²) in [6, 6.07) is 7.35. The van der Waals surface area contributed by atoms with Crippen molar-refractivity contribution >= 4 is 21.6 Å². The molecule has 1 saturated heterocycles. The van der Waals surface area contributed by atoms with Crippen molar-refractivity contribution in [3.63, 3.8) is 0 Å². The van der Waals surface area contributed by atoms with Crippen molar-refractivity contribution in [1.82, 2.24) is 5.32 Å². The third-order valence-corrected chi connectivity index (χ3v) is 4.26. The number of halogens is 1. The van der Waals surface area contributed by atoms with Crippen LogP contribution in [0.25, 0.3) is 0 Å². The molecule has 1 fully saturated rings. The van der Waals surface area contributed by atoms with Gasteiger partial charge in [-0.05, 0) is 66.4 Å². The molecule has 0 unspecified atom stereocenters. The van der Waals surface area contributed by atoms with Crippen LogP contribution in [0.5, 0.6) is 0 Å². The molecular weight excluding hydrogens is 288 g/mol. The third kappa shape index (κ3) is 3.48. The Labute approximate surface area is 119 Å². The van der Waals surface area contributed by atoms with Gasteiger partial charge in [-0.3, -0.25) is 0 Å². The molecule has 2 nitrogen and oxygen atoms in total. The quantitative estimate of drug-likeness (QED) is 0.911. The monoisotopic (exact) mass is 310 g/mol. The van der Waals surface area contributed by atoms with E-state index < -0.39 is 0 Å². The van der Waals surface area contributed by atoms with Crippen molar-refractivity contribution in [3.05, 3.63) is 28.2 Å². The predicted octanol–water partition coefficient (Wildman–Crippen LogP) is 3.73. The maximum Gasteiger partial charge on any atom is 0.0510 e. The van der Waals surface area contributed by atoms with Gasteiger partial charge in [0.25, 0.3) is 0 Å². The van der Waals surface area contributed by atoms with Crippen molar-refractivity contribution in [2.45, 2.75) is 39.2 Å². The molecule has 0 aliphatic carbocycles. The Morgan fingerprint density at radius 2 is 2.06 bits per heavy atom. The van der Waals surface area contributed by atoms with E-state index in [1.165, 1.54) is 35.0 Å². The number of anilines is 1. The fourth-order valence-corrected chi connectivity index (χ4v) is 3.29. The summed E-state index contributed by atoms with van der Waals surface area (Å²) < 4.78 is 1.22. The van der Waals surface area contributed by atoms with Crippen LogP contribution in [0.2, 0.25) is 0 Å². The number of nitrogens with zero attached hydrogens (tertiary/aromatic N) is 1. The van der Waals surface area contributed by atoms with Crippen molar-refractivity contribution < 1.29 is 0 Å². The average Bonchev–Trinajstić information content (AvgIpc) is 2.37. The largest absolute Gasteiger partial charge is 0.371 e. The molecule has 0 atom stereocenters. The van der Waals surface area contributed by atoms with Gasteiger partial charge >= 0.3 is 0 Å². The van der Waals surface area contributed by atoms with Crippen LogP contribution in [0.15, 0.2) is 22.7 Å². The van der Waals surface area contributed by atoms with Crippen LogP contribution in [0, 0.1) is 6.92 Å². The number of benzene rings is 1. The maximum atomic E-state index is 3.68. The molecule has 1 aliphatic rings. The molecule has 1 aliphatic heterocycles. The first kappa shape index (κ1) is 13.9. The first-order valence-corrected chi connectivity index (χ1v) is 7.74. The highest BCUT2D eigenvalue weighted by Gasteiger charge is 2.19. The van der Waals surface area contributed by atoms with Gasteiger partial charge in [-0.2, -0.15) is 0 Å².